The van der Waals surface area contributed by atoms with Crippen LogP contribution in [0.25, 0.3) is 0 Å². The number of hydrogen-bond donors (Lipinski definition) is 0. The molecule has 0 atom stereocenters. The van der Waals surface area contributed by atoms with Crippen LogP contribution in [0.1, 0.15) is 11.3 Å². The lowest BCUT2D eigenvalue weighted by atomic mass is 10.2. The highest BCUT2D eigenvalue weighted by Crippen LogP contribution is 2.19. The van der Waals surface area contributed by atoms with Crippen molar-refractivity contribution >= 4 is 11.6 Å². The molecule has 0 aliphatic rings. The summed E-state index contributed by atoms with van der Waals surface area (Å²) in [5.41, 5.74) is 1.28. The molecule has 19 heavy (non-hydrogen) atoms. The van der Waals surface area contributed by atoms with Crippen LogP contribution in [-0.2, 0) is 6.61 Å². The van der Waals surface area contributed by atoms with Gasteiger partial charge in [0, 0.05) is 6.20 Å². The Morgan fingerprint density at radius 3 is 2.89 bits per heavy atom. The van der Waals surface area contributed by atoms with E-state index in [0.29, 0.717) is 17.9 Å². The minimum absolute atomic E-state index is 0.191. The highest BCUT2D eigenvalue weighted by Gasteiger charge is 2.04. The predicted molar refractivity (Wildman–Crippen MR) is 72.6 cm³/mol. The second kappa shape index (κ2) is 6.77. The molecule has 2 nitrogen and oxygen atoms in total. The van der Waals surface area contributed by atoms with Gasteiger partial charge in [0.05, 0.1) is 17.1 Å². The fourth-order valence-electron chi connectivity index (χ4n) is 1.49. The summed E-state index contributed by atoms with van der Waals surface area (Å²) in [5.74, 6) is 5.81. The van der Waals surface area contributed by atoms with E-state index in [2.05, 4.69) is 16.8 Å². The summed E-state index contributed by atoms with van der Waals surface area (Å²) >= 11 is 5.50. The molecule has 2 aromatic rings. The molecule has 4 heteroatoms. The van der Waals surface area contributed by atoms with E-state index in [1.54, 1.807) is 12.3 Å². The van der Waals surface area contributed by atoms with Gasteiger partial charge in [-0.15, -0.1) is 11.6 Å². The van der Waals surface area contributed by atoms with Gasteiger partial charge in [0.2, 0.25) is 0 Å². The summed E-state index contributed by atoms with van der Waals surface area (Å²) in [6.07, 6.45) is 1.69. The molecular weight excluding hydrogens is 265 g/mol. The highest BCUT2D eigenvalue weighted by atomic mass is 35.5. The summed E-state index contributed by atoms with van der Waals surface area (Å²) < 4.78 is 18.8. The van der Waals surface area contributed by atoms with E-state index in [1.165, 1.54) is 12.1 Å². The van der Waals surface area contributed by atoms with Crippen LogP contribution in [0.15, 0.2) is 42.6 Å². The Kier molecular flexibility index (Phi) is 4.77. The maximum absolute atomic E-state index is 13.2. The van der Waals surface area contributed by atoms with E-state index in [9.17, 15) is 4.39 Å². The molecule has 2 rings (SSSR count). The van der Waals surface area contributed by atoms with E-state index in [1.807, 2.05) is 18.2 Å². The monoisotopic (exact) mass is 275 g/mol. The van der Waals surface area contributed by atoms with Gasteiger partial charge in [-0.3, -0.25) is 4.98 Å². The Morgan fingerprint density at radius 2 is 2.16 bits per heavy atom. The first kappa shape index (κ1) is 13.4. The number of benzene rings is 1. The zero-order valence-electron chi connectivity index (χ0n) is 10.1. The van der Waals surface area contributed by atoms with Crippen LogP contribution in [0.5, 0.6) is 5.75 Å². The minimum Gasteiger partial charge on any atom is -0.486 e. The molecule has 0 bridgehead atoms. The van der Waals surface area contributed by atoms with Gasteiger partial charge in [-0.1, -0.05) is 17.9 Å². The van der Waals surface area contributed by atoms with Crippen molar-refractivity contribution < 1.29 is 9.13 Å². The molecule has 0 fully saturated rings. The number of rotatable bonds is 3. The van der Waals surface area contributed by atoms with Crippen LogP contribution in [0.2, 0.25) is 0 Å². The Balaban J connectivity index is 2.15. The molecule has 0 amide bonds. The molecule has 1 aromatic heterocycles. The minimum atomic E-state index is -0.357. The molecule has 0 aliphatic carbocycles. The van der Waals surface area contributed by atoms with Crippen molar-refractivity contribution in [3.63, 3.8) is 0 Å². The fourth-order valence-corrected chi connectivity index (χ4v) is 1.56. The zero-order valence-corrected chi connectivity index (χ0v) is 10.8. The first-order chi connectivity index (χ1) is 9.29. The SMILES string of the molecule is Fc1ccc(OCc2ccccn2)c(C#CCCl)c1. The van der Waals surface area contributed by atoms with E-state index in [0.717, 1.165) is 5.69 Å². The number of ether oxygens (including phenoxy) is 1. The molecule has 0 saturated heterocycles. The highest BCUT2D eigenvalue weighted by molar-refractivity contribution is 6.19. The van der Waals surface area contributed by atoms with Crippen molar-refractivity contribution in [2.75, 3.05) is 5.88 Å². The summed E-state index contributed by atoms with van der Waals surface area (Å²) in [5, 5.41) is 0. The second-order valence-corrected chi connectivity index (χ2v) is 3.95. The van der Waals surface area contributed by atoms with E-state index < -0.39 is 0 Å². The van der Waals surface area contributed by atoms with E-state index in [-0.39, 0.29) is 11.7 Å². The summed E-state index contributed by atoms with van der Waals surface area (Å²) in [7, 11) is 0. The average Bonchev–Trinajstić information content (AvgIpc) is 2.45. The van der Waals surface area contributed by atoms with Crippen molar-refractivity contribution in [2.45, 2.75) is 6.61 Å². The number of pyridine rings is 1. The van der Waals surface area contributed by atoms with Crippen molar-refractivity contribution in [1.29, 1.82) is 0 Å². The van der Waals surface area contributed by atoms with Gasteiger partial charge in [-0.2, -0.15) is 0 Å². The normalized spacial score (nSPS) is 9.58. The lowest BCUT2D eigenvalue weighted by Crippen LogP contribution is -1.99. The Morgan fingerprint density at radius 1 is 1.26 bits per heavy atom. The van der Waals surface area contributed by atoms with Crippen molar-refractivity contribution in [3.8, 4) is 17.6 Å². The molecule has 0 aliphatic heterocycles. The van der Waals surface area contributed by atoms with Gasteiger partial charge in [0.1, 0.15) is 18.2 Å². The zero-order chi connectivity index (χ0) is 13.5. The summed E-state index contributed by atoms with van der Waals surface area (Å²) in [6.45, 7) is 0.308. The molecule has 0 saturated carbocycles. The molecule has 0 N–H and O–H groups in total. The molecular formula is C15H11ClFNO. The van der Waals surface area contributed by atoms with Crippen molar-refractivity contribution in [2.24, 2.45) is 0 Å². The molecule has 96 valence electrons. The number of halogens is 2. The topological polar surface area (TPSA) is 22.1 Å². The quantitative estimate of drug-likeness (QED) is 0.633. The van der Waals surface area contributed by atoms with Crippen molar-refractivity contribution in [1.82, 2.24) is 4.98 Å². The van der Waals surface area contributed by atoms with Gasteiger partial charge >= 0.3 is 0 Å². The first-order valence-electron chi connectivity index (χ1n) is 5.66. The first-order valence-corrected chi connectivity index (χ1v) is 6.20. The Labute approximate surface area is 116 Å². The fraction of sp³-hybridized carbons (Fsp3) is 0.133. The average molecular weight is 276 g/mol. The second-order valence-electron chi connectivity index (χ2n) is 3.69. The van der Waals surface area contributed by atoms with Gasteiger partial charge in [0.15, 0.2) is 0 Å². The predicted octanol–water partition coefficient (Wildman–Crippen LogP) is 3.39. The number of nitrogens with zero attached hydrogens (tertiary/aromatic N) is 1. The lowest BCUT2D eigenvalue weighted by Gasteiger charge is -2.07. The lowest BCUT2D eigenvalue weighted by molar-refractivity contribution is 0.300. The molecule has 0 radical (unpaired) electrons. The summed E-state index contributed by atoms with van der Waals surface area (Å²) in [6, 6.07) is 9.78. The van der Waals surface area contributed by atoms with Crippen LogP contribution in [0, 0.1) is 17.7 Å². The smallest absolute Gasteiger partial charge is 0.135 e. The van der Waals surface area contributed by atoms with Crippen LogP contribution in [0.3, 0.4) is 0 Å². The third-order valence-corrected chi connectivity index (χ3v) is 2.47. The third-order valence-electron chi connectivity index (χ3n) is 2.33. The number of hydrogen-bond acceptors (Lipinski definition) is 2. The van der Waals surface area contributed by atoms with Crippen LogP contribution >= 0.6 is 11.6 Å². The maximum atomic E-state index is 13.2. The Hall–Kier alpha value is -2.05. The van der Waals surface area contributed by atoms with Crippen molar-refractivity contribution in [3.05, 3.63) is 59.7 Å². The largest absolute Gasteiger partial charge is 0.486 e. The molecule has 1 heterocycles. The van der Waals surface area contributed by atoms with Crippen LogP contribution in [-0.4, -0.2) is 10.9 Å². The van der Waals surface area contributed by atoms with Gasteiger partial charge in [0.25, 0.3) is 0 Å². The molecule has 0 spiro atoms. The van der Waals surface area contributed by atoms with Gasteiger partial charge in [-0.05, 0) is 30.3 Å². The third kappa shape index (κ3) is 3.97. The standard InChI is InChI=1S/C15H11ClFNO/c16-8-3-4-12-10-13(17)6-7-15(12)19-11-14-5-1-2-9-18-14/h1-2,5-7,9-10H,8,11H2. The van der Waals surface area contributed by atoms with Crippen LogP contribution in [0.4, 0.5) is 4.39 Å². The maximum Gasteiger partial charge on any atom is 0.135 e. The number of aromatic nitrogens is 1. The van der Waals surface area contributed by atoms with Gasteiger partial charge < -0.3 is 4.74 Å². The molecule has 0 unspecified atom stereocenters. The van der Waals surface area contributed by atoms with E-state index >= 15 is 0 Å². The Bertz CT molecular complexity index is 605. The van der Waals surface area contributed by atoms with Gasteiger partial charge in [-0.25, -0.2) is 4.39 Å². The summed E-state index contributed by atoms with van der Waals surface area (Å²) in [4.78, 5) is 4.15. The number of alkyl halides is 1. The van der Waals surface area contributed by atoms with E-state index in [4.69, 9.17) is 16.3 Å². The van der Waals surface area contributed by atoms with Crippen LogP contribution < -0.4 is 4.74 Å². The molecule has 1 aromatic carbocycles.